The number of hydrogen-bond acceptors (Lipinski definition) is 4. The molecule has 2 N–H and O–H groups in total. The number of phenolic OH excluding ortho intramolecular Hbond substituents is 1. The minimum absolute atomic E-state index is 0.0667. The molecular formula is C21H17ClN4O. The number of halogens is 1. The van der Waals surface area contributed by atoms with Gasteiger partial charge in [-0.15, -0.1) is 0 Å². The molecule has 1 aliphatic heterocycles. The van der Waals surface area contributed by atoms with E-state index in [9.17, 15) is 5.11 Å². The number of aromatic hydroxyl groups is 1. The second kappa shape index (κ2) is 6.28. The first-order chi connectivity index (χ1) is 13.2. The molecule has 3 heterocycles. The molecule has 0 spiro atoms. The summed E-state index contributed by atoms with van der Waals surface area (Å²) < 4.78 is 0. The summed E-state index contributed by atoms with van der Waals surface area (Å²) in [5, 5.41) is 11.6. The minimum atomic E-state index is -0.0667. The molecule has 5 rings (SSSR count). The number of H-pyrrole nitrogens is 1. The molecule has 27 heavy (non-hydrogen) atoms. The van der Waals surface area contributed by atoms with Gasteiger partial charge >= 0.3 is 0 Å². The number of aromatic nitrogens is 3. The van der Waals surface area contributed by atoms with Gasteiger partial charge in [-0.1, -0.05) is 23.7 Å². The van der Waals surface area contributed by atoms with Crippen LogP contribution in [0.15, 0.2) is 60.9 Å². The third-order valence-electron chi connectivity index (χ3n) is 5.11. The predicted molar refractivity (Wildman–Crippen MR) is 106 cm³/mol. The van der Waals surface area contributed by atoms with Crippen LogP contribution in [0, 0.1) is 0 Å². The number of nitrogens with zero attached hydrogens (tertiary/aromatic N) is 3. The smallest absolute Gasteiger partial charge is 0.226 e. The number of hydrogen-bond donors (Lipinski definition) is 2. The number of anilines is 1. The van der Waals surface area contributed by atoms with E-state index < -0.39 is 0 Å². The summed E-state index contributed by atoms with van der Waals surface area (Å²) in [6.45, 7) is 0.794. The van der Waals surface area contributed by atoms with E-state index >= 15 is 0 Å². The number of fused-ring (bicyclic) bond motifs is 3. The Morgan fingerprint density at radius 1 is 1.07 bits per heavy atom. The molecule has 1 aliphatic rings. The van der Waals surface area contributed by atoms with Gasteiger partial charge in [0.1, 0.15) is 5.75 Å². The molecule has 2 aromatic carbocycles. The highest BCUT2D eigenvalue weighted by molar-refractivity contribution is 6.31. The lowest BCUT2D eigenvalue weighted by molar-refractivity contribution is 0.474. The molecule has 0 aliphatic carbocycles. The summed E-state index contributed by atoms with van der Waals surface area (Å²) in [4.78, 5) is 14.7. The van der Waals surface area contributed by atoms with E-state index in [4.69, 9.17) is 11.6 Å². The maximum absolute atomic E-state index is 9.72. The van der Waals surface area contributed by atoms with Crippen molar-refractivity contribution < 1.29 is 5.11 Å². The first-order valence-corrected chi connectivity index (χ1v) is 9.21. The lowest BCUT2D eigenvalue weighted by Gasteiger charge is -2.36. The van der Waals surface area contributed by atoms with Gasteiger partial charge in [0.2, 0.25) is 5.95 Å². The fourth-order valence-electron chi connectivity index (χ4n) is 3.92. The van der Waals surface area contributed by atoms with Gasteiger partial charge in [-0.25, -0.2) is 9.97 Å². The number of benzene rings is 2. The van der Waals surface area contributed by atoms with Gasteiger partial charge in [-0.3, -0.25) is 0 Å². The van der Waals surface area contributed by atoms with Crippen LogP contribution in [0.1, 0.15) is 22.9 Å². The zero-order valence-corrected chi connectivity index (χ0v) is 15.2. The number of nitrogens with one attached hydrogen (secondary N) is 1. The first-order valence-electron chi connectivity index (χ1n) is 8.83. The quantitative estimate of drug-likeness (QED) is 0.541. The highest BCUT2D eigenvalue weighted by Crippen LogP contribution is 2.40. The van der Waals surface area contributed by atoms with Gasteiger partial charge in [-0.05, 0) is 53.9 Å². The highest BCUT2D eigenvalue weighted by Gasteiger charge is 2.33. The maximum Gasteiger partial charge on any atom is 0.226 e. The fourth-order valence-corrected chi connectivity index (χ4v) is 4.09. The van der Waals surface area contributed by atoms with Crippen LogP contribution in [0.3, 0.4) is 0 Å². The van der Waals surface area contributed by atoms with Crippen molar-refractivity contribution in [3.05, 3.63) is 82.8 Å². The third kappa shape index (κ3) is 2.71. The van der Waals surface area contributed by atoms with Gasteiger partial charge < -0.3 is 15.0 Å². The van der Waals surface area contributed by atoms with Crippen molar-refractivity contribution >= 4 is 28.5 Å². The van der Waals surface area contributed by atoms with E-state index in [1.165, 1.54) is 5.56 Å². The summed E-state index contributed by atoms with van der Waals surface area (Å²) in [6.07, 6.45) is 4.40. The van der Waals surface area contributed by atoms with Crippen molar-refractivity contribution in [3.63, 3.8) is 0 Å². The Kier molecular flexibility index (Phi) is 3.76. The van der Waals surface area contributed by atoms with Crippen molar-refractivity contribution in [1.82, 2.24) is 15.0 Å². The molecule has 0 unspecified atom stereocenters. The number of rotatable bonds is 2. The number of aromatic amines is 1. The highest BCUT2D eigenvalue weighted by atomic mass is 35.5. The second-order valence-electron chi connectivity index (χ2n) is 6.69. The van der Waals surface area contributed by atoms with Crippen LogP contribution in [0.25, 0.3) is 10.9 Å². The van der Waals surface area contributed by atoms with Crippen LogP contribution < -0.4 is 4.90 Å². The Morgan fingerprint density at radius 2 is 1.85 bits per heavy atom. The Labute approximate surface area is 161 Å². The molecule has 0 saturated heterocycles. The van der Waals surface area contributed by atoms with Crippen LogP contribution >= 0.6 is 11.6 Å². The standard InChI is InChI=1S/C21H17ClN4O/c22-14-4-7-18-17(12-14)16-8-11-26(21-23-9-1-10-24-21)20(19(16)25-18)13-2-5-15(27)6-3-13/h1-7,9-10,12,20,25,27H,8,11H2/t20-/m0/s1. The van der Waals surface area contributed by atoms with Crippen LogP contribution in [0.4, 0.5) is 5.95 Å². The van der Waals surface area contributed by atoms with Crippen molar-refractivity contribution in [1.29, 1.82) is 0 Å². The summed E-state index contributed by atoms with van der Waals surface area (Å²) in [5.41, 5.74) is 4.54. The molecule has 5 nitrogen and oxygen atoms in total. The number of phenols is 1. The first kappa shape index (κ1) is 16.1. The molecule has 134 valence electrons. The molecule has 0 bridgehead atoms. The van der Waals surface area contributed by atoms with Gasteiger partial charge in [0.25, 0.3) is 0 Å². The van der Waals surface area contributed by atoms with Gasteiger partial charge in [-0.2, -0.15) is 0 Å². The SMILES string of the molecule is Oc1ccc([C@H]2c3[nH]c4ccc(Cl)cc4c3CCN2c2ncccn2)cc1. The van der Waals surface area contributed by atoms with Crippen molar-refractivity contribution in [2.45, 2.75) is 12.5 Å². The molecule has 4 aromatic rings. The molecule has 6 heteroatoms. The lowest BCUT2D eigenvalue weighted by atomic mass is 9.92. The zero-order chi connectivity index (χ0) is 18.4. The van der Waals surface area contributed by atoms with E-state index in [2.05, 4.69) is 19.9 Å². The summed E-state index contributed by atoms with van der Waals surface area (Å²) in [5.74, 6) is 0.943. The second-order valence-corrected chi connectivity index (χ2v) is 7.13. The topological polar surface area (TPSA) is 65.0 Å². The predicted octanol–water partition coefficient (Wildman–Crippen LogP) is 4.47. The average molecular weight is 377 g/mol. The Hall–Kier alpha value is -3.05. The zero-order valence-electron chi connectivity index (χ0n) is 14.4. The molecule has 0 radical (unpaired) electrons. The van der Waals surface area contributed by atoms with Gasteiger partial charge in [0, 0.05) is 40.6 Å². The Balaban J connectivity index is 1.72. The summed E-state index contributed by atoms with van der Waals surface area (Å²) in [7, 11) is 0. The lowest BCUT2D eigenvalue weighted by Crippen LogP contribution is -2.37. The molecule has 0 saturated carbocycles. The van der Waals surface area contributed by atoms with Crippen molar-refractivity contribution in [2.24, 2.45) is 0 Å². The minimum Gasteiger partial charge on any atom is -0.508 e. The molecular weight excluding hydrogens is 360 g/mol. The fraction of sp³-hybridized carbons (Fsp3) is 0.143. The maximum atomic E-state index is 9.72. The van der Waals surface area contributed by atoms with Gasteiger partial charge in [0.15, 0.2) is 0 Å². The van der Waals surface area contributed by atoms with Crippen LogP contribution in [0.2, 0.25) is 5.02 Å². The molecule has 0 amide bonds. The normalized spacial score (nSPS) is 16.5. The molecule has 0 fully saturated rings. The van der Waals surface area contributed by atoms with E-state index in [1.54, 1.807) is 24.5 Å². The van der Waals surface area contributed by atoms with Crippen molar-refractivity contribution in [3.8, 4) is 5.75 Å². The van der Waals surface area contributed by atoms with Crippen molar-refractivity contribution in [2.75, 3.05) is 11.4 Å². The largest absolute Gasteiger partial charge is 0.508 e. The van der Waals surface area contributed by atoms with Gasteiger partial charge in [0.05, 0.1) is 6.04 Å². The van der Waals surface area contributed by atoms with Crippen LogP contribution in [0.5, 0.6) is 5.75 Å². The van der Waals surface area contributed by atoms with E-state index in [1.807, 2.05) is 36.4 Å². The van der Waals surface area contributed by atoms with Crippen LogP contribution in [-0.2, 0) is 6.42 Å². The summed E-state index contributed by atoms with van der Waals surface area (Å²) >= 11 is 6.24. The van der Waals surface area contributed by atoms with Crippen LogP contribution in [-0.4, -0.2) is 26.6 Å². The Bertz CT molecular complexity index is 1110. The van der Waals surface area contributed by atoms with E-state index in [-0.39, 0.29) is 11.8 Å². The molecule has 2 aromatic heterocycles. The summed E-state index contributed by atoms with van der Waals surface area (Å²) in [6, 6.07) is 15.0. The third-order valence-corrected chi connectivity index (χ3v) is 5.34. The average Bonchev–Trinajstić information content (AvgIpc) is 3.06. The monoisotopic (exact) mass is 376 g/mol. The van der Waals surface area contributed by atoms with E-state index in [0.29, 0.717) is 5.95 Å². The van der Waals surface area contributed by atoms with E-state index in [0.717, 1.165) is 40.1 Å². The Morgan fingerprint density at radius 3 is 2.63 bits per heavy atom. The molecule has 1 atom stereocenters.